The van der Waals surface area contributed by atoms with Crippen molar-refractivity contribution < 1.29 is 14.8 Å². The molecule has 1 N–H and O–H groups in total. The molecule has 20 heavy (non-hydrogen) atoms. The van der Waals surface area contributed by atoms with Crippen molar-refractivity contribution in [2.45, 2.75) is 39.1 Å². The van der Waals surface area contributed by atoms with Gasteiger partial charge in [-0.15, -0.1) is 0 Å². The number of nitro benzene ring substituents is 1. The Morgan fingerprint density at radius 1 is 1.40 bits per heavy atom. The van der Waals surface area contributed by atoms with Crippen LogP contribution in [0.4, 0.5) is 11.4 Å². The maximum absolute atomic E-state index is 11.3. The fraction of sp³-hybridized carbons (Fsp3) is 0.571. The van der Waals surface area contributed by atoms with Crippen LogP contribution < -0.4 is 4.90 Å². The highest BCUT2D eigenvalue weighted by Gasteiger charge is 2.27. The van der Waals surface area contributed by atoms with Crippen molar-refractivity contribution in [2.75, 3.05) is 18.0 Å². The molecule has 6 heteroatoms. The number of aliphatic hydroxyl groups is 1. The summed E-state index contributed by atoms with van der Waals surface area (Å²) in [5.41, 5.74) is 1.17. The van der Waals surface area contributed by atoms with Crippen molar-refractivity contribution in [3.8, 4) is 0 Å². The van der Waals surface area contributed by atoms with Crippen LogP contribution in [0, 0.1) is 10.1 Å². The molecule has 3 atom stereocenters. The van der Waals surface area contributed by atoms with Crippen LogP contribution in [0.1, 0.15) is 32.4 Å². The number of hydrogen-bond donors (Lipinski definition) is 1. The zero-order valence-corrected chi connectivity index (χ0v) is 11.9. The van der Waals surface area contributed by atoms with Crippen LogP contribution in [0.25, 0.3) is 0 Å². The number of rotatable bonds is 3. The minimum absolute atomic E-state index is 0.0321. The highest BCUT2D eigenvalue weighted by molar-refractivity contribution is 5.65. The molecule has 0 radical (unpaired) electrons. The van der Waals surface area contributed by atoms with E-state index in [2.05, 4.69) is 0 Å². The van der Waals surface area contributed by atoms with E-state index in [9.17, 15) is 15.2 Å². The number of anilines is 1. The summed E-state index contributed by atoms with van der Waals surface area (Å²) in [6.45, 7) is 6.76. The van der Waals surface area contributed by atoms with E-state index in [4.69, 9.17) is 4.74 Å². The standard InChI is InChI=1S/C14H20N2O4/c1-9-7-15(8-10(2)20-9)13-5-4-12(11(3)17)6-14(13)16(18)19/h4-6,9-11,17H,7-8H2,1-3H3. The fourth-order valence-electron chi connectivity index (χ4n) is 2.59. The fourth-order valence-corrected chi connectivity index (χ4v) is 2.59. The van der Waals surface area contributed by atoms with Crippen molar-refractivity contribution in [2.24, 2.45) is 0 Å². The third-order valence-corrected chi connectivity index (χ3v) is 3.44. The summed E-state index contributed by atoms with van der Waals surface area (Å²) >= 11 is 0. The molecule has 2 rings (SSSR count). The van der Waals surface area contributed by atoms with E-state index in [1.165, 1.54) is 6.07 Å². The van der Waals surface area contributed by atoms with Gasteiger partial charge < -0.3 is 14.7 Å². The molecule has 6 nitrogen and oxygen atoms in total. The average molecular weight is 280 g/mol. The van der Waals surface area contributed by atoms with Crippen LogP contribution in [-0.4, -0.2) is 35.3 Å². The van der Waals surface area contributed by atoms with Gasteiger partial charge in [-0.25, -0.2) is 0 Å². The number of benzene rings is 1. The van der Waals surface area contributed by atoms with Gasteiger partial charge >= 0.3 is 0 Å². The molecule has 1 aromatic carbocycles. The van der Waals surface area contributed by atoms with Gasteiger partial charge in [-0.05, 0) is 32.4 Å². The van der Waals surface area contributed by atoms with E-state index >= 15 is 0 Å². The van der Waals surface area contributed by atoms with Gasteiger partial charge in [0.1, 0.15) is 5.69 Å². The number of morpholine rings is 1. The van der Waals surface area contributed by atoms with E-state index in [1.54, 1.807) is 19.1 Å². The Morgan fingerprint density at radius 2 is 2.00 bits per heavy atom. The van der Waals surface area contributed by atoms with Gasteiger partial charge in [0, 0.05) is 19.2 Å². The Balaban J connectivity index is 2.37. The van der Waals surface area contributed by atoms with Gasteiger partial charge in [0.15, 0.2) is 0 Å². The van der Waals surface area contributed by atoms with Crippen LogP contribution in [0.3, 0.4) is 0 Å². The lowest BCUT2D eigenvalue weighted by Crippen LogP contribution is -2.45. The molecule has 0 aromatic heterocycles. The summed E-state index contributed by atoms with van der Waals surface area (Å²) in [6, 6.07) is 4.90. The Hall–Kier alpha value is -1.66. The molecule has 1 heterocycles. The number of ether oxygens (including phenoxy) is 1. The van der Waals surface area contributed by atoms with E-state index in [0.717, 1.165) is 0 Å². The largest absolute Gasteiger partial charge is 0.389 e. The first-order chi connectivity index (χ1) is 9.38. The maximum atomic E-state index is 11.3. The van der Waals surface area contributed by atoms with Crippen LogP contribution in [0.2, 0.25) is 0 Å². The number of aliphatic hydroxyl groups excluding tert-OH is 1. The molecule has 1 aliphatic rings. The molecule has 110 valence electrons. The van der Waals surface area contributed by atoms with Crippen LogP contribution >= 0.6 is 0 Å². The average Bonchev–Trinajstić information content (AvgIpc) is 2.36. The van der Waals surface area contributed by atoms with Gasteiger partial charge in [0.05, 0.1) is 23.2 Å². The molecule has 0 bridgehead atoms. The number of hydrogen-bond acceptors (Lipinski definition) is 5. The summed E-state index contributed by atoms with van der Waals surface area (Å²) < 4.78 is 5.65. The lowest BCUT2D eigenvalue weighted by atomic mass is 10.1. The van der Waals surface area contributed by atoms with Gasteiger partial charge in [-0.3, -0.25) is 10.1 Å². The molecule has 0 spiro atoms. The second-order valence-electron chi connectivity index (χ2n) is 5.34. The van der Waals surface area contributed by atoms with E-state index < -0.39 is 11.0 Å². The molecule has 1 fully saturated rings. The van der Waals surface area contributed by atoms with Crippen LogP contribution in [0.5, 0.6) is 0 Å². The van der Waals surface area contributed by atoms with Crippen molar-refractivity contribution in [1.82, 2.24) is 0 Å². The summed E-state index contributed by atoms with van der Waals surface area (Å²) in [4.78, 5) is 12.8. The maximum Gasteiger partial charge on any atom is 0.292 e. The predicted molar refractivity (Wildman–Crippen MR) is 76.0 cm³/mol. The minimum atomic E-state index is -0.717. The summed E-state index contributed by atoms with van der Waals surface area (Å²) in [5, 5.41) is 20.8. The normalized spacial score (nSPS) is 24.5. The van der Waals surface area contributed by atoms with Gasteiger partial charge in [-0.1, -0.05) is 6.07 Å². The number of nitrogens with zero attached hydrogens (tertiary/aromatic N) is 2. The van der Waals surface area contributed by atoms with Crippen LogP contribution in [0.15, 0.2) is 18.2 Å². The third-order valence-electron chi connectivity index (χ3n) is 3.44. The Bertz CT molecular complexity index is 494. The highest BCUT2D eigenvalue weighted by Crippen LogP contribution is 2.32. The first-order valence-electron chi connectivity index (χ1n) is 6.75. The SMILES string of the molecule is CC1CN(c2ccc(C(C)O)cc2[N+](=O)[O-])CC(C)O1. The van der Waals surface area contributed by atoms with Gasteiger partial charge in [0.2, 0.25) is 0 Å². The van der Waals surface area contributed by atoms with Crippen LogP contribution in [-0.2, 0) is 4.74 Å². The van der Waals surface area contributed by atoms with Crippen molar-refractivity contribution in [3.05, 3.63) is 33.9 Å². The lowest BCUT2D eigenvalue weighted by molar-refractivity contribution is -0.384. The Morgan fingerprint density at radius 3 is 2.50 bits per heavy atom. The summed E-state index contributed by atoms with van der Waals surface area (Å²) in [6.07, 6.45) is -0.644. The first-order valence-corrected chi connectivity index (χ1v) is 6.75. The second kappa shape index (κ2) is 5.76. The molecule has 1 aromatic rings. The molecule has 3 unspecified atom stereocenters. The lowest BCUT2D eigenvalue weighted by Gasteiger charge is -2.36. The molecule has 0 amide bonds. The predicted octanol–water partition coefficient (Wildman–Crippen LogP) is 2.26. The molecular formula is C14H20N2O4. The summed E-state index contributed by atoms with van der Waals surface area (Å²) in [5.74, 6) is 0. The van der Waals surface area contributed by atoms with Crippen molar-refractivity contribution >= 4 is 11.4 Å². The Labute approximate surface area is 118 Å². The minimum Gasteiger partial charge on any atom is -0.389 e. The highest BCUT2D eigenvalue weighted by atomic mass is 16.6. The van der Waals surface area contributed by atoms with E-state index in [-0.39, 0.29) is 17.9 Å². The molecule has 0 saturated carbocycles. The summed E-state index contributed by atoms with van der Waals surface area (Å²) in [7, 11) is 0. The smallest absolute Gasteiger partial charge is 0.292 e. The second-order valence-corrected chi connectivity index (χ2v) is 5.34. The zero-order chi connectivity index (χ0) is 14.9. The molecule has 1 aliphatic heterocycles. The quantitative estimate of drug-likeness (QED) is 0.679. The van der Waals surface area contributed by atoms with Gasteiger partial charge in [0.25, 0.3) is 5.69 Å². The topological polar surface area (TPSA) is 75.8 Å². The Kier molecular flexibility index (Phi) is 4.25. The van der Waals surface area contributed by atoms with Crippen molar-refractivity contribution in [3.63, 3.8) is 0 Å². The molecule has 0 aliphatic carbocycles. The monoisotopic (exact) mass is 280 g/mol. The third kappa shape index (κ3) is 3.08. The molecule has 1 saturated heterocycles. The first kappa shape index (κ1) is 14.7. The molecular weight excluding hydrogens is 260 g/mol. The van der Waals surface area contributed by atoms with E-state index in [0.29, 0.717) is 24.3 Å². The van der Waals surface area contributed by atoms with Crippen molar-refractivity contribution in [1.29, 1.82) is 0 Å². The number of nitro groups is 1. The zero-order valence-electron chi connectivity index (χ0n) is 11.9. The van der Waals surface area contributed by atoms with Gasteiger partial charge in [-0.2, -0.15) is 0 Å². The van der Waals surface area contributed by atoms with E-state index in [1.807, 2.05) is 18.7 Å².